The molecule has 4 heteroatoms. The van der Waals surface area contributed by atoms with E-state index >= 15 is 0 Å². The van der Waals surface area contributed by atoms with Crippen LogP contribution in [0.15, 0.2) is 59.3 Å². The molecule has 3 rings (SSSR count). The summed E-state index contributed by atoms with van der Waals surface area (Å²) in [5, 5.41) is 17.3. The molecule has 4 nitrogen and oxygen atoms in total. The van der Waals surface area contributed by atoms with E-state index in [-0.39, 0.29) is 0 Å². The Morgan fingerprint density at radius 2 is 2.00 bits per heavy atom. The molecule has 96 valence electrons. The molecule has 3 aromatic rings. The number of benzene rings is 1. The van der Waals surface area contributed by atoms with Gasteiger partial charge in [0.2, 0.25) is 0 Å². The van der Waals surface area contributed by atoms with Gasteiger partial charge in [-0.05, 0) is 17.7 Å². The number of aromatic amines is 1. The maximum Gasteiger partial charge on any atom is 0.106 e. The van der Waals surface area contributed by atoms with Crippen LogP contribution >= 0.6 is 0 Å². The van der Waals surface area contributed by atoms with Crippen molar-refractivity contribution < 1.29 is 9.52 Å². The highest BCUT2D eigenvalue weighted by Gasteiger charge is 2.17. The van der Waals surface area contributed by atoms with Crippen LogP contribution in [-0.2, 0) is 6.42 Å². The second-order valence-corrected chi connectivity index (χ2v) is 4.37. The Labute approximate surface area is 110 Å². The average molecular weight is 254 g/mol. The number of aromatic nitrogens is 2. The van der Waals surface area contributed by atoms with Gasteiger partial charge in [-0.2, -0.15) is 5.10 Å². The second-order valence-electron chi connectivity index (χ2n) is 4.37. The summed E-state index contributed by atoms with van der Waals surface area (Å²) in [5.74, 6) is 0.757. The zero-order valence-electron chi connectivity index (χ0n) is 10.3. The Hall–Kier alpha value is -2.33. The third-order valence-electron chi connectivity index (χ3n) is 3.06. The summed E-state index contributed by atoms with van der Waals surface area (Å²) in [6, 6.07) is 13.5. The first-order chi connectivity index (χ1) is 9.34. The van der Waals surface area contributed by atoms with Gasteiger partial charge in [0.15, 0.2) is 0 Å². The topological polar surface area (TPSA) is 62.1 Å². The molecule has 0 radical (unpaired) electrons. The molecule has 0 aliphatic heterocycles. The molecule has 0 aliphatic rings. The number of nitrogens with one attached hydrogen (secondary N) is 1. The van der Waals surface area contributed by atoms with Crippen LogP contribution in [0.25, 0.3) is 11.3 Å². The van der Waals surface area contributed by atoms with Crippen molar-refractivity contribution in [3.8, 4) is 11.3 Å². The summed E-state index contributed by atoms with van der Waals surface area (Å²) in [4.78, 5) is 0. The minimum absolute atomic E-state index is 0.437. The average Bonchev–Trinajstić information content (AvgIpc) is 3.10. The van der Waals surface area contributed by atoms with Crippen molar-refractivity contribution in [2.75, 3.05) is 0 Å². The van der Waals surface area contributed by atoms with E-state index in [2.05, 4.69) is 10.2 Å². The summed E-state index contributed by atoms with van der Waals surface area (Å²) in [6.45, 7) is 0. The standard InChI is InChI=1S/C15H14N2O2/c18-14(9-12-7-4-8-19-12)13-10-16-17-15(13)11-5-2-1-3-6-11/h1-8,10,14,18H,9H2,(H,16,17). The fourth-order valence-electron chi connectivity index (χ4n) is 2.11. The van der Waals surface area contributed by atoms with E-state index in [9.17, 15) is 5.11 Å². The molecule has 0 bridgehead atoms. The van der Waals surface area contributed by atoms with Crippen molar-refractivity contribution in [3.63, 3.8) is 0 Å². The zero-order chi connectivity index (χ0) is 13.1. The lowest BCUT2D eigenvalue weighted by Gasteiger charge is -2.09. The van der Waals surface area contributed by atoms with E-state index < -0.39 is 6.10 Å². The molecule has 0 saturated carbocycles. The smallest absolute Gasteiger partial charge is 0.106 e. The second kappa shape index (κ2) is 5.12. The lowest BCUT2D eigenvalue weighted by molar-refractivity contribution is 0.171. The van der Waals surface area contributed by atoms with Gasteiger partial charge in [0.25, 0.3) is 0 Å². The fourth-order valence-corrected chi connectivity index (χ4v) is 2.11. The summed E-state index contributed by atoms with van der Waals surface area (Å²) in [5.41, 5.74) is 2.63. The van der Waals surface area contributed by atoms with Gasteiger partial charge in [-0.25, -0.2) is 0 Å². The first-order valence-corrected chi connectivity index (χ1v) is 6.14. The van der Waals surface area contributed by atoms with Crippen LogP contribution in [0.5, 0.6) is 0 Å². The minimum Gasteiger partial charge on any atom is -0.469 e. The molecule has 1 atom stereocenters. The maximum atomic E-state index is 10.3. The van der Waals surface area contributed by atoms with E-state index in [1.165, 1.54) is 0 Å². The zero-order valence-corrected chi connectivity index (χ0v) is 10.3. The van der Waals surface area contributed by atoms with Crippen molar-refractivity contribution in [2.45, 2.75) is 12.5 Å². The molecule has 0 aliphatic carbocycles. The molecule has 0 spiro atoms. The van der Waals surface area contributed by atoms with Crippen molar-refractivity contribution in [1.29, 1.82) is 0 Å². The van der Waals surface area contributed by atoms with Gasteiger partial charge in [-0.1, -0.05) is 30.3 Å². The normalized spacial score (nSPS) is 12.5. The lowest BCUT2D eigenvalue weighted by Crippen LogP contribution is -2.01. The molecule has 2 heterocycles. The Bertz CT molecular complexity index is 629. The van der Waals surface area contributed by atoms with Crippen LogP contribution in [-0.4, -0.2) is 15.3 Å². The van der Waals surface area contributed by atoms with Crippen LogP contribution in [0.4, 0.5) is 0 Å². The van der Waals surface area contributed by atoms with Gasteiger partial charge < -0.3 is 9.52 Å². The molecule has 2 N–H and O–H groups in total. The number of aliphatic hydroxyl groups is 1. The van der Waals surface area contributed by atoms with Crippen molar-refractivity contribution in [1.82, 2.24) is 10.2 Å². The predicted octanol–water partition coefficient (Wildman–Crippen LogP) is 2.95. The van der Waals surface area contributed by atoms with Gasteiger partial charge in [0, 0.05) is 12.0 Å². The van der Waals surface area contributed by atoms with E-state index in [1.54, 1.807) is 12.5 Å². The highest BCUT2D eigenvalue weighted by Crippen LogP contribution is 2.27. The Kier molecular flexibility index (Phi) is 3.16. The lowest BCUT2D eigenvalue weighted by atomic mass is 10.0. The molecule has 0 amide bonds. The van der Waals surface area contributed by atoms with Crippen LogP contribution in [0, 0.1) is 0 Å². The number of hydrogen-bond donors (Lipinski definition) is 2. The summed E-state index contributed by atoms with van der Waals surface area (Å²) >= 11 is 0. The molecular weight excluding hydrogens is 240 g/mol. The van der Waals surface area contributed by atoms with E-state index in [4.69, 9.17) is 4.42 Å². The van der Waals surface area contributed by atoms with Gasteiger partial charge in [0.1, 0.15) is 5.76 Å². The maximum absolute atomic E-state index is 10.3. The summed E-state index contributed by atoms with van der Waals surface area (Å²) in [7, 11) is 0. The minimum atomic E-state index is -0.639. The molecular formula is C15H14N2O2. The van der Waals surface area contributed by atoms with Gasteiger partial charge in [-0.3, -0.25) is 5.10 Å². The number of hydrogen-bond acceptors (Lipinski definition) is 3. The third kappa shape index (κ3) is 2.44. The largest absolute Gasteiger partial charge is 0.469 e. The van der Waals surface area contributed by atoms with Crippen molar-refractivity contribution in [3.05, 3.63) is 66.2 Å². The van der Waals surface area contributed by atoms with Crippen LogP contribution in [0.1, 0.15) is 17.4 Å². The first-order valence-electron chi connectivity index (χ1n) is 6.14. The molecule has 1 unspecified atom stereocenters. The molecule has 0 fully saturated rings. The van der Waals surface area contributed by atoms with Crippen LogP contribution in [0.3, 0.4) is 0 Å². The molecule has 19 heavy (non-hydrogen) atoms. The summed E-state index contributed by atoms with van der Waals surface area (Å²) < 4.78 is 5.26. The highest BCUT2D eigenvalue weighted by molar-refractivity contribution is 5.62. The van der Waals surface area contributed by atoms with Crippen molar-refractivity contribution >= 4 is 0 Å². The SMILES string of the molecule is OC(Cc1ccco1)c1cn[nH]c1-c1ccccc1. The molecule has 1 aromatic carbocycles. The van der Waals surface area contributed by atoms with E-state index in [1.807, 2.05) is 42.5 Å². The number of H-pyrrole nitrogens is 1. The van der Waals surface area contributed by atoms with Gasteiger partial charge in [-0.15, -0.1) is 0 Å². The van der Waals surface area contributed by atoms with Crippen LogP contribution in [0.2, 0.25) is 0 Å². The Balaban J connectivity index is 1.88. The first kappa shape index (κ1) is 11.7. The van der Waals surface area contributed by atoms with Gasteiger partial charge in [0.05, 0.1) is 24.3 Å². The fraction of sp³-hybridized carbons (Fsp3) is 0.133. The Morgan fingerprint density at radius 3 is 2.74 bits per heavy atom. The predicted molar refractivity (Wildman–Crippen MR) is 71.4 cm³/mol. The van der Waals surface area contributed by atoms with E-state index in [0.717, 1.165) is 22.6 Å². The number of furan rings is 1. The summed E-state index contributed by atoms with van der Waals surface area (Å²) in [6.07, 6.45) is 3.07. The molecule has 2 aromatic heterocycles. The van der Waals surface area contributed by atoms with Gasteiger partial charge >= 0.3 is 0 Å². The number of nitrogens with zero attached hydrogens (tertiary/aromatic N) is 1. The van der Waals surface area contributed by atoms with E-state index in [0.29, 0.717) is 6.42 Å². The van der Waals surface area contributed by atoms with Crippen LogP contribution < -0.4 is 0 Å². The monoisotopic (exact) mass is 254 g/mol. The quantitative estimate of drug-likeness (QED) is 0.752. The molecule has 0 saturated heterocycles. The number of rotatable bonds is 4. The number of aliphatic hydroxyl groups excluding tert-OH is 1. The highest BCUT2D eigenvalue weighted by atomic mass is 16.3. The Morgan fingerprint density at radius 1 is 1.16 bits per heavy atom. The third-order valence-corrected chi connectivity index (χ3v) is 3.06. The van der Waals surface area contributed by atoms with Crippen molar-refractivity contribution in [2.24, 2.45) is 0 Å².